The first-order valence-electron chi connectivity index (χ1n) is 5.85. The number of rotatable bonds is 4. The van der Waals surface area contributed by atoms with Gasteiger partial charge in [-0.25, -0.2) is 0 Å². The fourth-order valence-corrected chi connectivity index (χ4v) is 2.18. The third-order valence-corrected chi connectivity index (χ3v) is 3.29. The smallest absolute Gasteiger partial charge is 0.446 e. The maximum absolute atomic E-state index is 12.2. The van der Waals surface area contributed by atoms with E-state index in [0.717, 1.165) is 0 Å². The summed E-state index contributed by atoms with van der Waals surface area (Å²) in [6.45, 7) is 1.75. The third kappa shape index (κ3) is 4.49. The van der Waals surface area contributed by atoms with Crippen molar-refractivity contribution in [2.45, 2.75) is 17.3 Å². The van der Waals surface area contributed by atoms with Gasteiger partial charge in [-0.1, -0.05) is 0 Å². The molecule has 0 fully saturated rings. The van der Waals surface area contributed by atoms with Crippen LogP contribution >= 0.6 is 11.8 Å². The Morgan fingerprint density at radius 2 is 1.76 bits per heavy atom. The van der Waals surface area contributed by atoms with Crippen molar-refractivity contribution in [1.29, 1.82) is 0 Å². The topological polar surface area (TPSA) is 38.7 Å². The van der Waals surface area contributed by atoms with Crippen molar-refractivity contribution in [3.63, 3.8) is 0 Å². The van der Waals surface area contributed by atoms with Crippen LogP contribution in [0.1, 0.15) is 5.56 Å². The first kappa shape index (κ1) is 15.4. The van der Waals surface area contributed by atoms with Crippen LogP contribution in [-0.4, -0.2) is 5.51 Å². The van der Waals surface area contributed by atoms with Crippen LogP contribution in [0.5, 0.6) is 11.5 Å². The largest absolute Gasteiger partial charge is 0.457 e. The number of nitrogens with zero attached hydrogens (tertiary/aromatic N) is 1. The average molecular weight is 313 g/mol. The zero-order valence-electron chi connectivity index (χ0n) is 10.8. The highest BCUT2D eigenvalue weighted by molar-refractivity contribution is 8.00. The van der Waals surface area contributed by atoms with Gasteiger partial charge in [0.15, 0.2) is 0 Å². The predicted molar refractivity (Wildman–Crippen MR) is 75.1 cm³/mol. The second-order valence-corrected chi connectivity index (χ2v) is 5.30. The first-order chi connectivity index (χ1) is 9.87. The molecule has 0 aliphatic rings. The SMILES string of the molecule is Cc1cc(N=O)ccc1Oc1ccc(SC(F)(F)F)cc1. The van der Waals surface area contributed by atoms with Crippen LogP contribution in [0.25, 0.3) is 0 Å². The van der Waals surface area contributed by atoms with Crippen molar-refractivity contribution in [1.82, 2.24) is 0 Å². The molecule has 110 valence electrons. The van der Waals surface area contributed by atoms with Crippen molar-refractivity contribution >= 4 is 17.4 Å². The minimum absolute atomic E-state index is 0.0899. The molecule has 0 spiro atoms. The van der Waals surface area contributed by atoms with E-state index in [9.17, 15) is 18.1 Å². The molecule has 0 aliphatic heterocycles. The Morgan fingerprint density at radius 3 is 2.29 bits per heavy atom. The molecule has 2 rings (SSSR count). The van der Waals surface area contributed by atoms with E-state index in [4.69, 9.17) is 4.74 Å². The highest BCUT2D eigenvalue weighted by Crippen LogP contribution is 2.37. The minimum atomic E-state index is -4.31. The zero-order chi connectivity index (χ0) is 15.5. The molecule has 0 amide bonds. The van der Waals surface area contributed by atoms with Gasteiger partial charge in [-0.05, 0) is 71.9 Å². The van der Waals surface area contributed by atoms with Gasteiger partial charge in [0.1, 0.15) is 17.2 Å². The standard InChI is InChI=1S/C14H10F3NO2S/c1-9-8-10(18-19)2-7-13(9)20-11-3-5-12(6-4-11)21-14(15,16)17/h2-8H,1H3. The molecule has 21 heavy (non-hydrogen) atoms. The predicted octanol–water partition coefficient (Wildman–Crippen LogP) is 5.80. The second-order valence-electron chi connectivity index (χ2n) is 4.16. The maximum Gasteiger partial charge on any atom is 0.446 e. The molecule has 0 aromatic heterocycles. The lowest BCUT2D eigenvalue weighted by atomic mass is 10.2. The van der Waals surface area contributed by atoms with Gasteiger partial charge in [0, 0.05) is 4.90 Å². The Labute approximate surface area is 123 Å². The van der Waals surface area contributed by atoms with E-state index in [-0.39, 0.29) is 22.3 Å². The van der Waals surface area contributed by atoms with Gasteiger partial charge in [-0.3, -0.25) is 0 Å². The molecule has 0 aliphatic carbocycles. The van der Waals surface area contributed by atoms with Gasteiger partial charge in [0.25, 0.3) is 0 Å². The van der Waals surface area contributed by atoms with E-state index in [2.05, 4.69) is 5.18 Å². The molecule has 0 saturated heterocycles. The summed E-state index contributed by atoms with van der Waals surface area (Å²) >= 11 is -0.179. The number of halogens is 3. The van der Waals surface area contributed by atoms with E-state index >= 15 is 0 Å². The van der Waals surface area contributed by atoms with Crippen molar-refractivity contribution in [2.75, 3.05) is 0 Å². The maximum atomic E-state index is 12.2. The van der Waals surface area contributed by atoms with Crippen LogP contribution in [0.15, 0.2) is 52.5 Å². The lowest BCUT2D eigenvalue weighted by Gasteiger charge is -2.10. The number of ether oxygens (including phenoxy) is 1. The van der Waals surface area contributed by atoms with Crippen LogP contribution in [0.4, 0.5) is 18.9 Å². The summed E-state index contributed by atoms with van der Waals surface area (Å²) in [4.78, 5) is 10.5. The van der Waals surface area contributed by atoms with E-state index in [1.807, 2.05) is 0 Å². The number of hydrogen-bond donors (Lipinski definition) is 0. The summed E-state index contributed by atoms with van der Waals surface area (Å²) in [5.74, 6) is 0.926. The molecule has 0 N–H and O–H groups in total. The van der Waals surface area contributed by atoms with Gasteiger partial charge < -0.3 is 4.74 Å². The highest BCUT2D eigenvalue weighted by Gasteiger charge is 2.29. The number of thioether (sulfide) groups is 1. The fraction of sp³-hybridized carbons (Fsp3) is 0.143. The van der Waals surface area contributed by atoms with Crippen molar-refractivity contribution in [3.05, 3.63) is 52.9 Å². The molecule has 2 aromatic rings. The monoisotopic (exact) mass is 313 g/mol. The summed E-state index contributed by atoms with van der Waals surface area (Å²) in [6.07, 6.45) is 0. The molecule has 7 heteroatoms. The molecule has 0 saturated carbocycles. The summed E-state index contributed by atoms with van der Waals surface area (Å²) < 4.78 is 42.2. The Bertz CT molecular complexity index is 642. The number of nitroso groups, excluding NO2 is 1. The van der Waals surface area contributed by atoms with Crippen LogP contribution < -0.4 is 4.74 Å². The second kappa shape index (κ2) is 6.17. The summed E-state index contributed by atoms with van der Waals surface area (Å²) in [5, 5.41) is 2.81. The molecule has 2 aromatic carbocycles. The Hall–Kier alpha value is -2.02. The minimum Gasteiger partial charge on any atom is -0.457 e. The molecule has 0 radical (unpaired) electrons. The number of aryl methyl sites for hydroxylation is 1. The summed E-state index contributed by atoms with van der Waals surface area (Å²) in [7, 11) is 0. The Morgan fingerprint density at radius 1 is 1.10 bits per heavy atom. The van der Waals surface area contributed by atoms with Gasteiger partial charge in [-0.15, -0.1) is 4.91 Å². The number of alkyl halides is 3. The van der Waals surface area contributed by atoms with Gasteiger partial charge in [0.05, 0.1) is 0 Å². The van der Waals surface area contributed by atoms with Crippen LogP contribution in [0, 0.1) is 11.8 Å². The van der Waals surface area contributed by atoms with E-state index < -0.39 is 5.51 Å². The lowest BCUT2D eigenvalue weighted by molar-refractivity contribution is -0.0328. The molecule has 0 heterocycles. The molecule has 0 unspecified atom stereocenters. The normalized spacial score (nSPS) is 11.2. The molecule has 0 atom stereocenters. The van der Waals surface area contributed by atoms with Crippen molar-refractivity contribution < 1.29 is 17.9 Å². The van der Waals surface area contributed by atoms with Crippen LogP contribution in [0.2, 0.25) is 0 Å². The summed E-state index contributed by atoms with van der Waals surface area (Å²) in [6, 6.07) is 10.2. The Balaban J connectivity index is 2.11. The van der Waals surface area contributed by atoms with E-state index in [1.54, 1.807) is 19.1 Å². The molecule has 0 bridgehead atoms. The number of benzene rings is 2. The molecule has 3 nitrogen and oxygen atoms in total. The first-order valence-corrected chi connectivity index (χ1v) is 6.67. The summed E-state index contributed by atoms with van der Waals surface area (Å²) in [5.41, 5.74) is -3.31. The quantitative estimate of drug-likeness (QED) is 0.529. The van der Waals surface area contributed by atoms with Crippen LogP contribution in [-0.2, 0) is 0 Å². The molecular weight excluding hydrogens is 303 g/mol. The Kier molecular flexibility index (Phi) is 4.52. The van der Waals surface area contributed by atoms with Gasteiger partial charge in [-0.2, -0.15) is 13.2 Å². The van der Waals surface area contributed by atoms with E-state index in [0.29, 0.717) is 17.1 Å². The lowest BCUT2D eigenvalue weighted by Crippen LogP contribution is -1.98. The third-order valence-electron chi connectivity index (χ3n) is 2.55. The van der Waals surface area contributed by atoms with Gasteiger partial charge in [0.2, 0.25) is 0 Å². The highest BCUT2D eigenvalue weighted by atomic mass is 32.2. The average Bonchev–Trinajstić information content (AvgIpc) is 2.41. The zero-order valence-corrected chi connectivity index (χ0v) is 11.7. The number of hydrogen-bond acceptors (Lipinski definition) is 4. The van der Waals surface area contributed by atoms with E-state index in [1.165, 1.54) is 30.3 Å². The van der Waals surface area contributed by atoms with Crippen molar-refractivity contribution in [3.8, 4) is 11.5 Å². The van der Waals surface area contributed by atoms with Gasteiger partial charge >= 0.3 is 5.51 Å². The van der Waals surface area contributed by atoms with Crippen LogP contribution in [0.3, 0.4) is 0 Å². The van der Waals surface area contributed by atoms with Crippen molar-refractivity contribution in [2.24, 2.45) is 5.18 Å². The fourth-order valence-electron chi connectivity index (χ4n) is 1.64. The molecular formula is C14H10F3NO2S.